The van der Waals surface area contributed by atoms with Crippen LogP contribution in [0.3, 0.4) is 0 Å². The Bertz CT molecular complexity index is 675. The SMILES string of the molecule is Cc1ccn2ccc(C(=O)NC3CC4CC3CN4)cc12. The zero-order valence-electron chi connectivity index (χ0n) is 11.6. The third-order valence-electron chi connectivity index (χ3n) is 4.82. The van der Waals surface area contributed by atoms with Crippen molar-refractivity contribution in [2.45, 2.75) is 31.8 Å². The first kappa shape index (κ1) is 12.0. The highest BCUT2D eigenvalue weighted by molar-refractivity contribution is 5.95. The Morgan fingerprint density at radius 3 is 2.95 bits per heavy atom. The van der Waals surface area contributed by atoms with E-state index in [1.54, 1.807) is 0 Å². The fraction of sp³-hybridized carbons (Fsp3) is 0.438. The summed E-state index contributed by atoms with van der Waals surface area (Å²) >= 11 is 0. The molecule has 1 aliphatic heterocycles. The van der Waals surface area contributed by atoms with Crippen molar-refractivity contribution in [2.24, 2.45) is 5.92 Å². The molecule has 2 fully saturated rings. The Labute approximate surface area is 118 Å². The lowest BCUT2D eigenvalue weighted by Crippen LogP contribution is -2.44. The van der Waals surface area contributed by atoms with Crippen LogP contribution in [0.1, 0.15) is 28.8 Å². The summed E-state index contributed by atoms with van der Waals surface area (Å²) in [5.74, 6) is 0.674. The highest BCUT2D eigenvalue weighted by Crippen LogP contribution is 2.31. The zero-order chi connectivity index (χ0) is 13.7. The Morgan fingerprint density at radius 1 is 1.35 bits per heavy atom. The molecule has 0 radical (unpaired) electrons. The summed E-state index contributed by atoms with van der Waals surface area (Å²) < 4.78 is 2.05. The number of aryl methyl sites for hydroxylation is 1. The molecule has 2 aromatic heterocycles. The smallest absolute Gasteiger partial charge is 0.251 e. The first-order chi connectivity index (χ1) is 9.70. The maximum atomic E-state index is 12.4. The number of hydrogen-bond donors (Lipinski definition) is 2. The van der Waals surface area contributed by atoms with E-state index in [0.29, 0.717) is 18.0 Å². The first-order valence-corrected chi connectivity index (χ1v) is 7.32. The molecule has 3 atom stereocenters. The molecule has 104 valence electrons. The van der Waals surface area contributed by atoms with Gasteiger partial charge in [0, 0.05) is 42.1 Å². The summed E-state index contributed by atoms with van der Waals surface area (Å²) in [6, 6.07) is 6.90. The monoisotopic (exact) mass is 269 g/mol. The zero-order valence-corrected chi connectivity index (χ0v) is 11.6. The minimum absolute atomic E-state index is 0.0608. The van der Waals surface area contributed by atoms with Crippen LogP contribution in [-0.4, -0.2) is 28.9 Å². The van der Waals surface area contributed by atoms with Crippen LogP contribution >= 0.6 is 0 Å². The Kier molecular flexibility index (Phi) is 2.60. The summed E-state index contributed by atoms with van der Waals surface area (Å²) in [4.78, 5) is 12.4. The largest absolute Gasteiger partial charge is 0.349 e. The number of fused-ring (bicyclic) bond motifs is 3. The molecule has 4 nitrogen and oxygen atoms in total. The number of nitrogens with one attached hydrogen (secondary N) is 2. The van der Waals surface area contributed by atoms with Crippen LogP contribution in [0.5, 0.6) is 0 Å². The van der Waals surface area contributed by atoms with Gasteiger partial charge in [0.25, 0.3) is 5.91 Å². The van der Waals surface area contributed by atoms with E-state index in [2.05, 4.69) is 23.6 Å². The number of amides is 1. The molecule has 3 heterocycles. The van der Waals surface area contributed by atoms with Gasteiger partial charge in [-0.2, -0.15) is 0 Å². The minimum Gasteiger partial charge on any atom is -0.349 e. The molecule has 2 bridgehead atoms. The molecule has 4 rings (SSSR count). The molecular formula is C16H19N3O. The summed E-state index contributed by atoms with van der Waals surface area (Å²) in [6.07, 6.45) is 6.26. The normalized spacial score (nSPS) is 28.1. The fourth-order valence-electron chi connectivity index (χ4n) is 3.64. The summed E-state index contributed by atoms with van der Waals surface area (Å²) in [5, 5.41) is 6.69. The van der Waals surface area contributed by atoms with Gasteiger partial charge in [0.05, 0.1) is 0 Å². The summed E-state index contributed by atoms with van der Waals surface area (Å²) in [7, 11) is 0. The maximum absolute atomic E-state index is 12.4. The standard InChI is InChI=1S/C16H19N3O/c1-10-2-4-19-5-3-11(7-15(10)19)16(20)18-14-8-13-6-12(14)9-17-13/h2-5,7,12-14,17H,6,8-9H2,1H3,(H,18,20). The van der Waals surface area contributed by atoms with Crippen molar-refractivity contribution in [3.63, 3.8) is 0 Å². The van der Waals surface area contributed by atoms with Crippen molar-refractivity contribution in [1.29, 1.82) is 0 Å². The Morgan fingerprint density at radius 2 is 2.20 bits per heavy atom. The molecule has 0 aromatic carbocycles. The van der Waals surface area contributed by atoms with Crippen LogP contribution in [0, 0.1) is 12.8 Å². The second-order valence-corrected chi connectivity index (χ2v) is 6.12. The van der Waals surface area contributed by atoms with Crippen LogP contribution in [0.15, 0.2) is 30.6 Å². The molecule has 1 aliphatic carbocycles. The van der Waals surface area contributed by atoms with Crippen molar-refractivity contribution in [3.05, 3.63) is 41.7 Å². The highest BCUT2D eigenvalue weighted by Gasteiger charge is 2.40. The lowest BCUT2D eigenvalue weighted by molar-refractivity contribution is 0.0925. The molecular weight excluding hydrogens is 250 g/mol. The van der Waals surface area contributed by atoms with E-state index in [1.165, 1.54) is 12.0 Å². The van der Waals surface area contributed by atoms with Gasteiger partial charge in [-0.15, -0.1) is 0 Å². The van der Waals surface area contributed by atoms with Crippen molar-refractivity contribution in [3.8, 4) is 0 Å². The van der Waals surface area contributed by atoms with Crippen LogP contribution in [0.25, 0.3) is 5.52 Å². The average Bonchev–Trinajstić information content (AvgIpc) is 3.15. The number of nitrogens with zero attached hydrogens (tertiary/aromatic N) is 1. The number of piperidine rings is 1. The van der Waals surface area contributed by atoms with E-state index in [4.69, 9.17) is 0 Å². The number of pyridine rings is 1. The average molecular weight is 269 g/mol. The topological polar surface area (TPSA) is 45.5 Å². The molecule has 1 saturated carbocycles. The van der Waals surface area contributed by atoms with Crippen LogP contribution in [0.2, 0.25) is 0 Å². The van der Waals surface area contributed by atoms with E-state index in [9.17, 15) is 4.79 Å². The van der Waals surface area contributed by atoms with Gasteiger partial charge >= 0.3 is 0 Å². The summed E-state index contributed by atoms with van der Waals surface area (Å²) in [5.41, 5.74) is 3.06. The van der Waals surface area contributed by atoms with Crippen LogP contribution in [-0.2, 0) is 0 Å². The molecule has 3 unspecified atom stereocenters. The van der Waals surface area contributed by atoms with E-state index >= 15 is 0 Å². The Hall–Kier alpha value is -1.81. The number of aromatic nitrogens is 1. The van der Waals surface area contributed by atoms with E-state index in [1.807, 2.05) is 28.9 Å². The molecule has 2 aliphatic rings. The van der Waals surface area contributed by atoms with Gasteiger partial charge in [-0.3, -0.25) is 4.79 Å². The van der Waals surface area contributed by atoms with Crippen LogP contribution < -0.4 is 10.6 Å². The molecule has 2 aromatic rings. The highest BCUT2D eigenvalue weighted by atomic mass is 16.1. The molecule has 1 amide bonds. The lowest BCUT2D eigenvalue weighted by atomic mass is 10.0. The van der Waals surface area contributed by atoms with Crippen molar-refractivity contribution in [2.75, 3.05) is 6.54 Å². The predicted molar refractivity (Wildman–Crippen MR) is 77.9 cm³/mol. The molecule has 20 heavy (non-hydrogen) atoms. The number of rotatable bonds is 2. The van der Waals surface area contributed by atoms with Crippen LogP contribution in [0.4, 0.5) is 0 Å². The molecule has 0 spiro atoms. The van der Waals surface area contributed by atoms with Gasteiger partial charge in [0.2, 0.25) is 0 Å². The lowest BCUT2D eigenvalue weighted by Gasteiger charge is -2.23. The third-order valence-corrected chi connectivity index (χ3v) is 4.82. The first-order valence-electron chi connectivity index (χ1n) is 7.32. The third kappa shape index (κ3) is 1.83. The number of carbonyl (C=O) groups is 1. The van der Waals surface area contributed by atoms with Gasteiger partial charge in [-0.1, -0.05) is 0 Å². The predicted octanol–water partition coefficient (Wildman–Crippen LogP) is 1.73. The van der Waals surface area contributed by atoms with Gasteiger partial charge in [0.15, 0.2) is 0 Å². The van der Waals surface area contributed by atoms with Gasteiger partial charge in [-0.05, 0) is 49.4 Å². The van der Waals surface area contributed by atoms with E-state index < -0.39 is 0 Å². The second-order valence-electron chi connectivity index (χ2n) is 6.12. The van der Waals surface area contributed by atoms with Crippen molar-refractivity contribution in [1.82, 2.24) is 15.0 Å². The molecule has 2 N–H and O–H groups in total. The Balaban J connectivity index is 1.56. The fourth-order valence-corrected chi connectivity index (χ4v) is 3.64. The van der Waals surface area contributed by atoms with Crippen molar-refractivity contribution < 1.29 is 4.79 Å². The molecule has 4 heteroatoms. The van der Waals surface area contributed by atoms with E-state index in [0.717, 1.165) is 24.0 Å². The van der Waals surface area contributed by atoms with E-state index in [-0.39, 0.29) is 5.91 Å². The summed E-state index contributed by atoms with van der Waals surface area (Å²) in [6.45, 7) is 3.12. The minimum atomic E-state index is 0.0608. The van der Waals surface area contributed by atoms with Gasteiger partial charge in [0.1, 0.15) is 0 Å². The second kappa shape index (κ2) is 4.35. The maximum Gasteiger partial charge on any atom is 0.251 e. The number of carbonyl (C=O) groups excluding carboxylic acids is 1. The quantitative estimate of drug-likeness (QED) is 0.872. The molecule has 1 saturated heterocycles. The number of hydrogen-bond acceptors (Lipinski definition) is 2. The van der Waals surface area contributed by atoms with Gasteiger partial charge < -0.3 is 15.0 Å². The van der Waals surface area contributed by atoms with Gasteiger partial charge in [-0.25, -0.2) is 0 Å². The van der Waals surface area contributed by atoms with Crippen molar-refractivity contribution >= 4 is 11.4 Å².